The maximum absolute atomic E-state index is 11.2. The molecule has 0 radical (unpaired) electrons. The van der Waals surface area contributed by atoms with Crippen LogP contribution in [0.4, 0.5) is 0 Å². The monoisotopic (exact) mass is 152 g/mol. The standard InChI is InChI=1S/C8H12N2O/c1-6(2)3-8(11)7-4-9-5-10-7/h4-6H,3H2,1-2H3,(H,9,10). The first kappa shape index (κ1) is 7.98. The lowest BCUT2D eigenvalue weighted by Crippen LogP contribution is -2.03. The number of nitrogens with zero attached hydrogens (tertiary/aromatic N) is 1. The Hall–Kier alpha value is -1.12. The van der Waals surface area contributed by atoms with E-state index in [1.54, 1.807) is 6.20 Å². The van der Waals surface area contributed by atoms with Gasteiger partial charge in [0, 0.05) is 6.42 Å². The van der Waals surface area contributed by atoms with E-state index < -0.39 is 0 Å². The molecule has 1 heterocycles. The Balaban J connectivity index is 2.57. The van der Waals surface area contributed by atoms with Crippen molar-refractivity contribution in [1.82, 2.24) is 9.97 Å². The van der Waals surface area contributed by atoms with Gasteiger partial charge in [-0.15, -0.1) is 0 Å². The maximum atomic E-state index is 11.2. The number of ketones is 1. The first-order valence-corrected chi connectivity index (χ1v) is 3.71. The molecule has 0 aliphatic rings. The molecular weight excluding hydrogens is 140 g/mol. The third kappa shape index (κ3) is 2.18. The largest absolute Gasteiger partial charge is 0.342 e. The van der Waals surface area contributed by atoms with Crippen LogP contribution in [0.3, 0.4) is 0 Å². The molecule has 0 unspecified atom stereocenters. The molecule has 0 aliphatic heterocycles. The van der Waals surface area contributed by atoms with Gasteiger partial charge in [-0.25, -0.2) is 4.98 Å². The van der Waals surface area contributed by atoms with Gasteiger partial charge in [0.1, 0.15) is 5.69 Å². The second-order valence-corrected chi connectivity index (χ2v) is 2.99. The molecule has 3 nitrogen and oxygen atoms in total. The number of hydrogen-bond donors (Lipinski definition) is 1. The lowest BCUT2D eigenvalue weighted by molar-refractivity contribution is 0.0963. The molecule has 1 N–H and O–H groups in total. The summed E-state index contributed by atoms with van der Waals surface area (Å²) < 4.78 is 0. The van der Waals surface area contributed by atoms with Gasteiger partial charge in [-0.1, -0.05) is 13.8 Å². The van der Waals surface area contributed by atoms with Crippen LogP contribution in [-0.4, -0.2) is 15.8 Å². The van der Waals surface area contributed by atoms with Gasteiger partial charge in [-0.3, -0.25) is 4.79 Å². The summed E-state index contributed by atoms with van der Waals surface area (Å²) in [4.78, 5) is 17.8. The topological polar surface area (TPSA) is 45.8 Å². The normalized spacial score (nSPS) is 10.5. The lowest BCUT2D eigenvalue weighted by atomic mass is 10.1. The van der Waals surface area contributed by atoms with E-state index in [1.807, 2.05) is 13.8 Å². The first-order valence-electron chi connectivity index (χ1n) is 3.71. The van der Waals surface area contributed by atoms with Gasteiger partial charge in [0.15, 0.2) is 5.78 Å². The van der Waals surface area contributed by atoms with Gasteiger partial charge in [0.2, 0.25) is 0 Å². The maximum Gasteiger partial charge on any atom is 0.180 e. The van der Waals surface area contributed by atoms with Gasteiger partial charge in [-0.2, -0.15) is 0 Å². The Bertz CT molecular complexity index is 226. The van der Waals surface area contributed by atoms with Crippen molar-refractivity contribution in [1.29, 1.82) is 0 Å². The molecule has 0 atom stereocenters. The number of imidazole rings is 1. The Kier molecular flexibility index (Phi) is 2.41. The Labute approximate surface area is 65.8 Å². The molecule has 11 heavy (non-hydrogen) atoms. The van der Waals surface area contributed by atoms with Crippen LogP contribution in [0.25, 0.3) is 0 Å². The van der Waals surface area contributed by atoms with Crippen LogP contribution < -0.4 is 0 Å². The van der Waals surface area contributed by atoms with Gasteiger partial charge >= 0.3 is 0 Å². The quantitative estimate of drug-likeness (QED) is 0.669. The summed E-state index contributed by atoms with van der Waals surface area (Å²) in [5.74, 6) is 0.545. The van der Waals surface area contributed by atoms with Crippen molar-refractivity contribution < 1.29 is 4.79 Å². The highest BCUT2D eigenvalue weighted by Gasteiger charge is 2.08. The summed E-state index contributed by atoms with van der Waals surface area (Å²) in [7, 11) is 0. The average Bonchev–Trinajstić information content (AvgIpc) is 2.35. The fraction of sp³-hybridized carbons (Fsp3) is 0.500. The summed E-state index contributed by atoms with van der Waals surface area (Å²) in [5, 5.41) is 0. The molecule has 0 saturated heterocycles. The molecule has 0 aromatic carbocycles. The number of Topliss-reactive ketones (excluding diaryl/α,β-unsaturated/α-hetero) is 1. The molecule has 0 saturated carbocycles. The molecule has 0 amide bonds. The van der Waals surface area contributed by atoms with Crippen molar-refractivity contribution in [2.45, 2.75) is 20.3 Å². The van der Waals surface area contributed by atoms with Crippen molar-refractivity contribution in [2.75, 3.05) is 0 Å². The molecule has 0 bridgehead atoms. The summed E-state index contributed by atoms with van der Waals surface area (Å²) in [6.07, 6.45) is 3.67. The van der Waals surface area contributed by atoms with E-state index in [1.165, 1.54) is 6.33 Å². The van der Waals surface area contributed by atoms with E-state index in [-0.39, 0.29) is 5.78 Å². The first-order chi connectivity index (χ1) is 5.20. The van der Waals surface area contributed by atoms with E-state index in [0.717, 1.165) is 0 Å². The number of carbonyl (C=O) groups excluding carboxylic acids is 1. The van der Waals surface area contributed by atoms with Gasteiger partial charge in [0.25, 0.3) is 0 Å². The van der Waals surface area contributed by atoms with Crippen LogP contribution in [0.2, 0.25) is 0 Å². The van der Waals surface area contributed by atoms with Crippen molar-refractivity contribution in [3.05, 3.63) is 18.2 Å². The number of nitrogens with one attached hydrogen (secondary N) is 1. The summed E-state index contributed by atoms with van der Waals surface area (Å²) in [6.45, 7) is 4.04. The number of aromatic nitrogens is 2. The number of aromatic amines is 1. The highest BCUT2D eigenvalue weighted by atomic mass is 16.1. The summed E-state index contributed by atoms with van der Waals surface area (Å²) in [6, 6.07) is 0. The second kappa shape index (κ2) is 3.32. The van der Waals surface area contributed by atoms with Crippen LogP contribution in [-0.2, 0) is 0 Å². The van der Waals surface area contributed by atoms with Crippen molar-refractivity contribution in [2.24, 2.45) is 5.92 Å². The van der Waals surface area contributed by atoms with Crippen LogP contribution in [0.5, 0.6) is 0 Å². The molecule has 1 rings (SSSR count). The number of hydrogen-bond acceptors (Lipinski definition) is 2. The highest BCUT2D eigenvalue weighted by molar-refractivity contribution is 5.94. The van der Waals surface area contributed by atoms with Gasteiger partial charge in [-0.05, 0) is 5.92 Å². The zero-order chi connectivity index (χ0) is 8.27. The zero-order valence-electron chi connectivity index (χ0n) is 6.79. The Morgan fingerprint density at radius 1 is 1.73 bits per heavy atom. The predicted octanol–water partition coefficient (Wildman–Crippen LogP) is 1.64. The average molecular weight is 152 g/mol. The summed E-state index contributed by atoms with van der Waals surface area (Å²) in [5.41, 5.74) is 0.610. The van der Waals surface area contributed by atoms with E-state index in [9.17, 15) is 4.79 Å². The molecule has 0 spiro atoms. The van der Waals surface area contributed by atoms with E-state index >= 15 is 0 Å². The van der Waals surface area contributed by atoms with E-state index in [2.05, 4.69) is 9.97 Å². The Morgan fingerprint density at radius 3 is 2.91 bits per heavy atom. The molecule has 1 aromatic rings. The van der Waals surface area contributed by atoms with Crippen LogP contribution in [0.1, 0.15) is 30.8 Å². The third-order valence-electron chi connectivity index (χ3n) is 1.39. The van der Waals surface area contributed by atoms with Gasteiger partial charge in [0.05, 0.1) is 12.5 Å². The summed E-state index contributed by atoms with van der Waals surface area (Å²) >= 11 is 0. The molecule has 60 valence electrons. The second-order valence-electron chi connectivity index (χ2n) is 2.99. The van der Waals surface area contributed by atoms with Crippen molar-refractivity contribution in [3.63, 3.8) is 0 Å². The molecule has 0 fully saturated rings. The minimum atomic E-state index is 0.137. The third-order valence-corrected chi connectivity index (χ3v) is 1.39. The number of carbonyl (C=O) groups is 1. The number of rotatable bonds is 3. The molecule has 3 heteroatoms. The van der Waals surface area contributed by atoms with Gasteiger partial charge < -0.3 is 4.98 Å². The van der Waals surface area contributed by atoms with E-state index in [0.29, 0.717) is 18.0 Å². The van der Waals surface area contributed by atoms with Crippen LogP contribution in [0, 0.1) is 5.92 Å². The van der Waals surface area contributed by atoms with Crippen LogP contribution in [0.15, 0.2) is 12.5 Å². The highest BCUT2D eigenvalue weighted by Crippen LogP contribution is 2.05. The van der Waals surface area contributed by atoms with Crippen molar-refractivity contribution in [3.8, 4) is 0 Å². The Morgan fingerprint density at radius 2 is 2.45 bits per heavy atom. The van der Waals surface area contributed by atoms with Crippen LogP contribution >= 0.6 is 0 Å². The SMILES string of the molecule is CC(C)CC(=O)c1cnc[nH]1. The molecule has 0 aliphatic carbocycles. The fourth-order valence-electron chi connectivity index (χ4n) is 0.889. The molecule has 1 aromatic heterocycles. The lowest BCUT2D eigenvalue weighted by Gasteiger charge is -1.99. The van der Waals surface area contributed by atoms with Crippen molar-refractivity contribution >= 4 is 5.78 Å². The molecular formula is C8H12N2O. The van der Waals surface area contributed by atoms with E-state index in [4.69, 9.17) is 0 Å². The predicted molar refractivity (Wildman–Crippen MR) is 42.4 cm³/mol. The minimum absolute atomic E-state index is 0.137. The minimum Gasteiger partial charge on any atom is -0.342 e. The fourth-order valence-corrected chi connectivity index (χ4v) is 0.889. The number of H-pyrrole nitrogens is 1. The smallest absolute Gasteiger partial charge is 0.180 e. The zero-order valence-corrected chi connectivity index (χ0v) is 6.79.